The zero-order chi connectivity index (χ0) is 17.9. The molecule has 1 N–H and O–H groups in total. The molecule has 24 heavy (non-hydrogen) atoms. The second-order valence-corrected chi connectivity index (χ2v) is 4.88. The number of hydrogen-bond acceptors (Lipinski definition) is 6. The topological polar surface area (TPSA) is 103 Å². The van der Waals surface area contributed by atoms with Crippen LogP contribution >= 0.6 is 0 Å². The number of nitrogens with zero attached hydrogens (tertiary/aromatic N) is 2. The Labute approximate surface area is 141 Å². The van der Waals surface area contributed by atoms with Crippen LogP contribution < -0.4 is 14.9 Å². The Kier molecular flexibility index (Phi) is 8.24. The molecule has 0 fully saturated rings. The largest absolute Gasteiger partial charge is 0.493 e. The number of nitro benzene ring substituents is 1. The molecule has 0 unspecified atom stereocenters. The van der Waals surface area contributed by atoms with Gasteiger partial charge in [-0.15, -0.1) is 0 Å². The summed E-state index contributed by atoms with van der Waals surface area (Å²) in [5.74, 6) is 0.333. The lowest BCUT2D eigenvalue weighted by Gasteiger charge is -2.10. The maximum Gasteiger partial charge on any atom is 0.311 e. The number of carbonyl (C=O) groups excluding carboxylic acids is 1. The van der Waals surface area contributed by atoms with Crippen molar-refractivity contribution in [3.63, 3.8) is 0 Å². The van der Waals surface area contributed by atoms with Crippen LogP contribution in [0.25, 0.3) is 0 Å². The highest BCUT2D eigenvalue weighted by Crippen LogP contribution is 2.34. The lowest BCUT2D eigenvalue weighted by molar-refractivity contribution is -0.385. The van der Waals surface area contributed by atoms with E-state index in [1.54, 1.807) is 13.8 Å². The summed E-state index contributed by atoms with van der Waals surface area (Å²) in [5.41, 5.74) is 2.61. The van der Waals surface area contributed by atoms with Gasteiger partial charge in [0.25, 0.3) is 0 Å². The molecule has 1 aromatic carbocycles. The van der Waals surface area contributed by atoms with Gasteiger partial charge in [-0.05, 0) is 20.3 Å². The summed E-state index contributed by atoms with van der Waals surface area (Å²) < 4.78 is 10.8. The van der Waals surface area contributed by atoms with Crippen molar-refractivity contribution in [2.24, 2.45) is 5.10 Å². The van der Waals surface area contributed by atoms with Crippen LogP contribution in [0.15, 0.2) is 17.2 Å². The summed E-state index contributed by atoms with van der Waals surface area (Å²) in [5, 5.41) is 15.0. The van der Waals surface area contributed by atoms with Crippen molar-refractivity contribution < 1.29 is 19.2 Å². The smallest absolute Gasteiger partial charge is 0.311 e. The second kappa shape index (κ2) is 10.2. The molecular formula is C16H23N3O5. The first kappa shape index (κ1) is 19.4. The molecule has 1 rings (SSSR count). The number of nitrogens with one attached hydrogen (secondary N) is 1. The lowest BCUT2D eigenvalue weighted by Crippen LogP contribution is -2.16. The van der Waals surface area contributed by atoms with Gasteiger partial charge in [0.05, 0.1) is 24.4 Å². The molecule has 1 amide bonds. The molecular weight excluding hydrogens is 314 g/mol. The van der Waals surface area contributed by atoms with Gasteiger partial charge in [-0.25, -0.2) is 5.43 Å². The third-order valence-electron chi connectivity index (χ3n) is 3.04. The molecule has 0 aliphatic heterocycles. The van der Waals surface area contributed by atoms with Gasteiger partial charge in [-0.2, -0.15) is 5.10 Å². The van der Waals surface area contributed by atoms with Crippen LogP contribution in [0.2, 0.25) is 0 Å². The lowest BCUT2D eigenvalue weighted by atomic mass is 10.1. The van der Waals surface area contributed by atoms with Gasteiger partial charge in [-0.1, -0.05) is 13.3 Å². The molecule has 0 aromatic heterocycles. The van der Waals surface area contributed by atoms with Gasteiger partial charge in [-0.3, -0.25) is 14.9 Å². The van der Waals surface area contributed by atoms with Gasteiger partial charge in [0, 0.05) is 24.1 Å². The Balaban J connectivity index is 3.04. The zero-order valence-corrected chi connectivity index (χ0v) is 14.2. The van der Waals surface area contributed by atoms with Crippen LogP contribution in [0, 0.1) is 10.1 Å². The van der Waals surface area contributed by atoms with Crippen LogP contribution in [-0.4, -0.2) is 30.3 Å². The molecule has 132 valence electrons. The summed E-state index contributed by atoms with van der Waals surface area (Å²) in [7, 11) is 0. The molecule has 0 aliphatic carbocycles. The number of benzene rings is 1. The van der Waals surface area contributed by atoms with Crippen LogP contribution in [0.5, 0.6) is 11.5 Å². The van der Waals surface area contributed by atoms with E-state index in [2.05, 4.69) is 10.5 Å². The minimum Gasteiger partial charge on any atom is -0.493 e. The number of hydrazone groups is 1. The van der Waals surface area contributed by atoms with E-state index < -0.39 is 4.92 Å². The summed E-state index contributed by atoms with van der Waals surface area (Å²) in [6.45, 7) is 6.21. The molecule has 0 saturated carbocycles. The first-order valence-electron chi connectivity index (χ1n) is 7.93. The fourth-order valence-corrected chi connectivity index (χ4v) is 1.93. The Hall–Kier alpha value is -2.64. The third kappa shape index (κ3) is 5.86. The van der Waals surface area contributed by atoms with Crippen LogP contribution in [-0.2, 0) is 4.79 Å². The first-order chi connectivity index (χ1) is 11.5. The number of hydrogen-bond donors (Lipinski definition) is 1. The molecule has 1 aromatic rings. The fourth-order valence-electron chi connectivity index (χ4n) is 1.93. The van der Waals surface area contributed by atoms with E-state index >= 15 is 0 Å². The Morgan fingerprint density at radius 1 is 1.25 bits per heavy atom. The maximum atomic E-state index is 11.5. The number of nitro groups is 1. The van der Waals surface area contributed by atoms with E-state index in [-0.39, 0.29) is 17.3 Å². The van der Waals surface area contributed by atoms with E-state index in [4.69, 9.17) is 9.47 Å². The van der Waals surface area contributed by atoms with E-state index in [1.165, 1.54) is 18.3 Å². The van der Waals surface area contributed by atoms with Gasteiger partial charge in [0.2, 0.25) is 11.7 Å². The van der Waals surface area contributed by atoms with Crippen molar-refractivity contribution in [2.75, 3.05) is 13.2 Å². The molecule has 0 bridgehead atoms. The molecule has 0 atom stereocenters. The van der Waals surface area contributed by atoms with Gasteiger partial charge >= 0.3 is 5.69 Å². The van der Waals surface area contributed by atoms with Crippen molar-refractivity contribution in [2.45, 2.75) is 40.0 Å². The second-order valence-electron chi connectivity index (χ2n) is 4.88. The van der Waals surface area contributed by atoms with Crippen molar-refractivity contribution in [3.8, 4) is 11.5 Å². The van der Waals surface area contributed by atoms with Crippen LogP contribution in [0.1, 0.15) is 45.6 Å². The van der Waals surface area contributed by atoms with E-state index in [0.29, 0.717) is 30.9 Å². The van der Waals surface area contributed by atoms with Crippen LogP contribution in [0.4, 0.5) is 5.69 Å². The van der Waals surface area contributed by atoms with Crippen molar-refractivity contribution in [1.82, 2.24) is 5.43 Å². The SMILES string of the molecule is CCCCC(=O)N/N=C/c1cc([N+](=O)[O-])c(OCC)cc1OCC. The first-order valence-corrected chi connectivity index (χ1v) is 7.93. The van der Waals surface area contributed by atoms with E-state index in [9.17, 15) is 14.9 Å². The standard InChI is InChI=1S/C16H23N3O5/c1-4-7-8-16(20)18-17-11-12-9-13(19(21)22)15(24-6-3)10-14(12)23-5-2/h9-11H,4-8H2,1-3H3,(H,18,20)/b17-11+. The van der Waals surface area contributed by atoms with Crippen molar-refractivity contribution in [3.05, 3.63) is 27.8 Å². The average molecular weight is 337 g/mol. The highest BCUT2D eigenvalue weighted by Gasteiger charge is 2.19. The summed E-state index contributed by atoms with van der Waals surface area (Å²) in [6.07, 6.45) is 3.41. The Morgan fingerprint density at radius 2 is 1.92 bits per heavy atom. The molecule has 8 nitrogen and oxygen atoms in total. The average Bonchev–Trinajstić information content (AvgIpc) is 2.55. The van der Waals surface area contributed by atoms with Crippen molar-refractivity contribution in [1.29, 1.82) is 0 Å². The quantitative estimate of drug-likeness (QED) is 0.401. The van der Waals surface area contributed by atoms with Gasteiger partial charge < -0.3 is 9.47 Å². The summed E-state index contributed by atoms with van der Waals surface area (Å²) in [6, 6.07) is 2.78. The molecule has 0 spiro atoms. The number of unbranched alkanes of at least 4 members (excludes halogenated alkanes) is 1. The predicted molar refractivity (Wildman–Crippen MR) is 90.7 cm³/mol. The molecule has 0 saturated heterocycles. The molecule has 0 heterocycles. The normalized spacial score (nSPS) is 10.6. The number of amides is 1. The highest BCUT2D eigenvalue weighted by molar-refractivity contribution is 5.87. The third-order valence-corrected chi connectivity index (χ3v) is 3.04. The van der Waals surface area contributed by atoms with Gasteiger partial charge in [0.1, 0.15) is 5.75 Å². The van der Waals surface area contributed by atoms with Gasteiger partial charge in [0.15, 0.2) is 0 Å². The van der Waals surface area contributed by atoms with Crippen molar-refractivity contribution >= 4 is 17.8 Å². The number of carbonyl (C=O) groups is 1. The maximum absolute atomic E-state index is 11.5. The highest BCUT2D eigenvalue weighted by atomic mass is 16.6. The Bertz CT molecular complexity index is 602. The van der Waals surface area contributed by atoms with E-state index in [0.717, 1.165) is 12.8 Å². The van der Waals surface area contributed by atoms with Crippen LogP contribution in [0.3, 0.4) is 0 Å². The number of ether oxygens (including phenoxy) is 2. The molecule has 0 radical (unpaired) electrons. The summed E-state index contributed by atoms with van der Waals surface area (Å²) >= 11 is 0. The number of rotatable bonds is 10. The molecule has 8 heteroatoms. The Morgan fingerprint density at radius 3 is 2.50 bits per heavy atom. The zero-order valence-electron chi connectivity index (χ0n) is 14.2. The minimum absolute atomic E-state index is 0.134. The fraction of sp³-hybridized carbons (Fsp3) is 0.500. The summed E-state index contributed by atoms with van der Waals surface area (Å²) in [4.78, 5) is 22.2. The molecule has 0 aliphatic rings. The monoisotopic (exact) mass is 337 g/mol. The van der Waals surface area contributed by atoms with E-state index in [1.807, 2.05) is 6.92 Å². The minimum atomic E-state index is -0.530. The predicted octanol–water partition coefficient (Wildman–Crippen LogP) is 3.03.